The van der Waals surface area contributed by atoms with Crippen LogP contribution in [0.3, 0.4) is 0 Å². The van der Waals surface area contributed by atoms with Crippen LogP contribution in [0, 0.1) is 0 Å². The maximum Gasteiger partial charge on any atom is 0.331 e. The largest absolute Gasteiger partial charge is 0.331 e. The fourth-order valence-corrected chi connectivity index (χ4v) is 3.87. The van der Waals surface area contributed by atoms with Gasteiger partial charge in [0.25, 0.3) is 11.5 Å². The Morgan fingerprint density at radius 1 is 1.16 bits per heavy atom. The molecule has 0 atom stereocenters. The van der Waals surface area contributed by atoms with Crippen LogP contribution in [0.4, 0.5) is 0 Å². The summed E-state index contributed by atoms with van der Waals surface area (Å²) in [6.45, 7) is 0. The zero-order valence-electron chi connectivity index (χ0n) is 13.5. The Kier molecular flexibility index (Phi) is 3.39. The highest BCUT2D eigenvalue weighted by Gasteiger charge is 2.19. The third kappa shape index (κ3) is 2.23. The van der Waals surface area contributed by atoms with E-state index in [1.165, 1.54) is 27.6 Å². The molecule has 3 heterocycles. The number of carbonyl (C=O) groups excluding carboxylic acids is 1. The van der Waals surface area contributed by atoms with Gasteiger partial charge in [0, 0.05) is 14.1 Å². The van der Waals surface area contributed by atoms with Gasteiger partial charge in [0.2, 0.25) is 0 Å². The molecule has 0 N–H and O–H groups in total. The number of carbonyl (C=O) groups is 1. The molecule has 0 aliphatic heterocycles. The van der Waals surface area contributed by atoms with E-state index in [-0.39, 0.29) is 18.0 Å². The summed E-state index contributed by atoms with van der Waals surface area (Å²) >= 11 is 1.27. The predicted octanol–water partition coefficient (Wildman–Crippen LogP) is 0.926. The summed E-state index contributed by atoms with van der Waals surface area (Å²) in [5.41, 5.74) is 1.04. The maximum atomic E-state index is 12.7. The molecule has 25 heavy (non-hydrogen) atoms. The number of rotatable bonds is 2. The number of para-hydroxylation sites is 1. The minimum atomic E-state index is -0.398. The zero-order valence-corrected chi connectivity index (χ0v) is 14.3. The van der Waals surface area contributed by atoms with Gasteiger partial charge in [-0.1, -0.05) is 17.3 Å². The van der Waals surface area contributed by atoms with Crippen molar-refractivity contribution in [3.63, 3.8) is 0 Å². The molecule has 0 aliphatic carbocycles. The van der Waals surface area contributed by atoms with E-state index in [2.05, 4.69) is 10.3 Å². The highest BCUT2D eigenvalue weighted by molar-refractivity contribution is 7.17. The van der Waals surface area contributed by atoms with E-state index in [4.69, 9.17) is 0 Å². The molecule has 4 rings (SSSR count). The van der Waals surface area contributed by atoms with Gasteiger partial charge in [-0.2, -0.15) is 4.68 Å². The number of hydrogen-bond acceptors (Lipinski definition) is 6. The molecule has 0 fully saturated rings. The van der Waals surface area contributed by atoms with Gasteiger partial charge in [-0.3, -0.25) is 18.7 Å². The highest BCUT2D eigenvalue weighted by atomic mass is 32.1. The number of thiophene rings is 1. The number of aryl methyl sites for hydroxylation is 1. The molecule has 0 aliphatic rings. The second kappa shape index (κ2) is 5.49. The smallest absolute Gasteiger partial charge is 0.287 e. The summed E-state index contributed by atoms with van der Waals surface area (Å²) in [6, 6.07) is 7.17. The Balaban J connectivity index is 1.83. The van der Waals surface area contributed by atoms with E-state index in [1.807, 2.05) is 6.07 Å². The van der Waals surface area contributed by atoms with E-state index >= 15 is 0 Å². The Hall–Kier alpha value is -3.07. The topological polar surface area (TPSA) is 91.8 Å². The summed E-state index contributed by atoms with van der Waals surface area (Å²) < 4.78 is 3.71. The van der Waals surface area contributed by atoms with Crippen LogP contribution in [-0.4, -0.2) is 30.0 Å². The van der Waals surface area contributed by atoms with Crippen molar-refractivity contribution in [1.82, 2.24) is 24.1 Å². The number of fused-ring (bicyclic) bond motifs is 2. The minimum absolute atomic E-state index is 0.000792. The first kappa shape index (κ1) is 15.5. The van der Waals surface area contributed by atoms with Crippen molar-refractivity contribution in [3.8, 4) is 0 Å². The molecular weight excluding hydrogens is 342 g/mol. The van der Waals surface area contributed by atoms with E-state index < -0.39 is 5.56 Å². The molecule has 8 nitrogen and oxygen atoms in total. The molecule has 0 spiro atoms. The Morgan fingerprint density at radius 3 is 2.72 bits per heavy atom. The number of nitrogens with zero attached hydrogens (tertiary/aromatic N) is 5. The van der Waals surface area contributed by atoms with Crippen LogP contribution in [0.5, 0.6) is 0 Å². The lowest BCUT2D eigenvalue weighted by molar-refractivity contribution is 0.0902. The summed E-state index contributed by atoms with van der Waals surface area (Å²) in [6.07, 6.45) is 0.000792. The highest BCUT2D eigenvalue weighted by Crippen LogP contribution is 2.22. The van der Waals surface area contributed by atoms with E-state index in [9.17, 15) is 14.4 Å². The van der Waals surface area contributed by atoms with E-state index in [0.29, 0.717) is 26.8 Å². The van der Waals surface area contributed by atoms with Crippen molar-refractivity contribution in [2.45, 2.75) is 6.42 Å². The molecule has 126 valence electrons. The number of aromatic nitrogens is 5. The third-order valence-corrected chi connectivity index (χ3v) is 5.28. The summed E-state index contributed by atoms with van der Waals surface area (Å²) in [4.78, 5) is 37.7. The van der Waals surface area contributed by atoms with Gasteiger partial charge in [-0.05, 0) is 23.1 Å². The standard InChI is InChI=1S/C16H13N5O3S/c1-19-14(23)13-9(8-25-15(13)20(2)16(19)24)7-12(22)21-11-6-4-3-5-10(11)17-18-21/h3-6,8H,7H2,1-2H3. The van der Waals surface area contributed by atoms with Crippen LogP contribution >= 0.6 is 11.3 Å². The first-order valence-electron chi connectivity index (χ1n) is 7.49. The normalized spacial score (nSPS) is 11.4. The fraction of sp³-hybridized carbons (Fsp3) is 0.188. The monoisotopic (exact) mass is 355 g/mol. The van der Waals surface area contributed by atoms with Crippen LogP contribution in [0.1, 0.15) is 10.4 Å². The molecule has 4 aromatic rings. The van der Waals surface area contributed by atoms with Gasteiger partial charge in [0.15, 0.2) is 0 Å². The lowest BCUT2D eigenvalue weighted by Gasteiger charge is -2.05. The van der Waals surface area contributed by atoms with Gasteiger partial charge in [-0.25, -0.2) is 4.79 Å². The zero-order chi connectivity index (χ0) is 17.7. The van der Waals surface area contributed by atoms with Crippen molar-refractivity contribution >= 4 is 38.5 Å². The van der Waals surface area contributed by atoms with Gasteiger partial charge < -0.3 is 0 Å². The molecule has 0 unspecified atom stereocenters. The Labute approximate surface area is 144 Å². The van der Waals surface area contributed by atoms with Gasteiger partial charge >= 0.3 is 5.69 Å². The van der Waals surface area contributed by atoms with Crippen molar-refractivity contribution < 1.29 is 4.79 Å². The van der Waals surface area contributed by atoms with E-state index in [1.54, 1.807) is 30.6 Å². The molecule has 3 aromatic heterocycles. The Morgan fingerprint density at radius 2 is 1.92 bits per heavy atom. The van der Waals surface area contributed by atoms with Crippen molar-refractivity contribution in [3.05, 3.63) is 56.0 Å². The molecule has 1 aromatic carbocycles. The molecule has 0 amide bonds. The van der Waals surface area contributed by atoms with Crippen molar-refractivity contribution in [2.75, 3.05) is 0 Å². The van der Waals surface area contributed by atoms with Crippen LogP contribution in [-0.2, 0) is 20.5 Å². The minimum Gasteiger partial charge on any atom is -0.287 e. The number of hydrogen-bond donors (Lipinski definition) is 0. The average molecular weight is 355 g/mol. The van der Waals surface area contributed by atoms with Crippen LogP contribution < -0.4 is 11.2 Å². The fourth-order valence-electron chi connectivity index (χ4n) is 2.85. The summed E-state index contributed by atoms with van der Waals surface area (Å²) in [7, 11) is 3.04. The quantitative estimate of drug-likeness (QED) is 0.533. The van der Waals surface area contributed by atoms with Gasteiger partial charge in [0.1, 0.15) is 10.3 Å². The molecule has 0 bridgehead atoms. The van der Waals surface area contributed by atoms with Crippen LogP contribution in [0.15, 0.2) is 39.2 Å². The first-order chi connectivity index (χ1) is 12.0. The van der Waals surface area contributed by atoms with Crippen LogP contribution in [0.25, 0.3) is 21.3 Å². The first-order valence-corrected chi connectivity index (χ1v) is 8.36. The number of benzene rings is 1. The average Bonchev–Trinajstić information content (AvgIpc) is 3.22. The van der Waals surface area contributed by atoms with Crippen molar-refractivity contribution in [1.29, 1.82) is 0 Å². The summed E-state index contributed by atoms with van der Waals surface area (Å²) in [5, 5.41) is 10.0. The second-order valence-electron chi connectivity index (χ2n) is 5.71. The van der Waals surface area contributed by atoms with Crippen molar-refractivity contribution in [2.24, 2.45) is 14.1 Å². The third-order valence-electron chi connectivity index (χ3n) is 4.17. The molecule has 0 saturated heterocycles. The maximum absolute atomic E-state index is 12.7. The molecule has 0 radical (unpaired) electrons. The Bertz CT molecular complexity index is 1260. The predicted molar refractivity (Wildman–Crippen MR) is 94.2 cm³/mol. The van der Waals surface area contributed by atoms with Crippen LogP contribution in [0.2, 0.25) is 0 Å². The van der Waals surface area contributed by atoms with Gasteiger partial charge in [0.05, 0.1) is 17.3 Å². The molecular formula is C16H13N5O3S. The molecule has 0 saturated carbocycles. The van der Waals surface area contributed by atoms with Gasteiger partial charge in [-0.15, -0.1) is 16.4 Å². The molecule has 9 heteroatoms. The summed E-state index contributed by atoms with van der Waals surface area (Å²) in [5.74, 6) is -0.288. The second-order valence-corrected chi connectivity index (χ2v) is 6.57. The lowest BCUT2D eigenvalue weighted by Crippen LogP contribution is -2.36. The van der Waals surface area contributed by atoms with E-state index in [0.717, 1.165) is 4.57 Å². The lowest BCUT2D eigenvalue weighted by atomic mass is 10.1. The SMILES string of the molecule is Cn1c(=O)c2c(CC(=O)n3nnc4ccccc43)csc2n(C)c1=O.